The number of sulfone groups is 1. The summed E-state index contributed by atoms with van der Waals surface area (Å²) in [6.45, 7) is 2.02. The number of nitrogens with zero attached hydrogens (tertiary/aromatic N) is 3. The van der Waals surface area contributed by atoms with Crippen molar-refractivity contribution in [2.24, 2.45) is 0 Å². The second-order valence-electron chi connectivity index (χ2n) is 6.72. The number of aromatic nitrogens is 3. The monoisotopic (exact) mass is 405 g/mol. The molecule has 0 spiro atoms. The number of imidazole rings is 1. The molecule has 1 fully saturated rings. The van der Waals surface area contributed by atoms with Gasteiger partial charge >= 0.3 is 0 Å². The number of fused-ring (bicyclic) bond motifs is 1. The fourth-order valence-corrected chi connectivity index (χ4v) is 4.34. The van der Waals surface area contributed by atoms with Gasteiger partial charge in [0.1, 0.15) is 0 Å². The zero-order chi connectivity index (χ0) is 19.0. The lowest BCUT2D eigenvalue weighted by molar-refractivity contribution is 0.451. The molecule has 0 bridgehead atoms. The van der Waals surface area contributed by atoms with Gasteiger partial charge in [0.05, 0.1) is 15.6 Å². The van der Waals surface area contributed by atoms with Crippen LogP contribution in [0.2, 0.25) is 5.02 Å². The second-order valence-corrected chi connectivity index (χ2v) is 9.14. The van der Waals surface area contributed by atoms with E-state index in [1.165, 1.54) is 17.8 Å². The van der Waals surface area contributed by atoms with Gasteiger partial charge in [-0.15, -0.1) is 0 Å². The lowest BCUT2D eigenvalue weighted by Crippen LogP contribution is -2.27. The first kappa shape index (κ1) is 18.2. The van der Waals surface area contributed by atoms with Crippen molar-refractivity contribution in [2.75, 3.05) is 24.7 Å². The Morgan fingerprint density at radius 1 is 1.26 bits per heavy atom. The second kappa shape index (κ2) is 7.10. The van der Waals surface area contributed by atoms with Crippen molar-refractivity contribution in [2.45, 2.75) is 23.7 Å². The molecule has 9 heteroatoms. The Hall–Kier alpha value is -2.16. The highest BCUT2D eigenvalue weighted by Gasteiger charge is 2.20. The van der Waals surface area contributed by atoms with Crippen LogP contribution in [0, 0.1) is 0 Å². The fourth-order valence-electron chi connectivity index (χ4n) is 3.40. The molecule has 0 saturated carbocycles. The fraction of sp³-hybridized carbons (Fsp3) is 0.333. The number of hydrogen-bond donors (Lipinski definition) is 2. The SMILES string of the molecule is CS(=O)(=O)c1ccc(Nc2nccn3c(C4CCNCC4)cnc23)c(Cl)c1. The quantitative estimate of drug-likeness (QED) is 0.693. The maximum Gasteiger partial charge on any atom is 0.180 e. The highest BCUT2D eigenvalue weighted by molar-refractivity contribution is 7.90. The van der Waals surface area contributed by atoms with Crippen LogP contribution in [0.5, 0.6) is 0 Å². The van der Waals surface area contributed by atoms with E-state index >= 15 is 0 Å². The smallest absolute Gasteiger partial charge is 0.180 e. The summed E-state index contributed by atoms with van der Waals surface area (Å²) >= 11 is 6.27. The third-order valence-electron chi connectivity index (χ3n) is 4.84. The van der Waals surface area contributed by atoms with Gasteiger partial charge in [-0.2, -0.15) is 0 Å². The molecule has 1 aliphatic rings. The van der Waals surface area contributed by atoms with Crippen molar-refractivity contribution in [3.63, 3.8) is 0 Å². The molecule has 7 nitrogen and oxygen atoms in total. The Morgan fingerprint density at radius 2 is 2.04 bits per heavy atom. The van der Waals surface area contributed by atoms with Crippen LogP contribution >= 0.6 is 11.6 Å². The summed E-state index contributed by atoms with van der Waals surface area (Å²) in [5.74, 6) is 1.04. The van der Waals surface area contributed by atoms with Crippen molar-refractivity contribution in [1.29, 1.82) is 0 Å². The first-order valence-corrected chi connectivity index (χ1v) is 11.0. The van der Waals surface area contributed by atoms with Crippen LogP contribution in [0.15, 0.2) is 41.7 Å². The Labute approximate surface area is 162 Å². The average Bonchev–Trinajstić information content (AvgIpc) is 3.08. The van der Waals surface area contributed by atoms with Gasteiger partial charge < -0.3 is 10.6 Å². The molecule has 142 valence electrons. The van der Waals surface area contributed by atoms with E-state index in [1.54, 1.807) is 12.3 Å². The van der Waals surface area contributed by atoms with E-state index in [0.29, 0.717) is 28.1 Å². The van der Waals surface area contributed by atoms with Crippen LogP contribution in [0.1, 0.15) is 24.5 Å². The van der Waals surface area contributed by atoms with Crippen LogP contribution in [0.25, 0.3) is 5.65 Å². The van der Waals surface area contributed by atoms with Crippen LogP contribution in [0.3, 0.4) is 0 Å². The van der Waals surface area contributed by atoms with Gasteiger partial charge in [-0.25, -0.2) is 18.4 Å². The Bertz CT molecular complexity index is 1090. The molecule has 3 heterocycles. The molecule has 1 saturated heterocycles. The molecular weight excluding hydrogens is 386 g/mol. The first-order chi connectivity index (χ1) is 12.9. The molecule has 0 amide bonds. The molecule has 4 rings (SSSR count). The molecule has 3 aromatic rings. The van der Waals surface area contributed by atoms with Crippen molar-refractivity contribution in [3.05, 3.63) is 47.5 Å². The Kier molecular flexibility index (Phi) is 4.79. The zero-order valence-electron chi connectivity index (χ0n) is 14.8. The van der Waals surface area contributed by atoms with Gasteiger partial charge in [-0.3, -0.25) is 4.40 Å². The lowest BCUT2D eigenvalue weighted by Gasteiger charge is -2.22. The van der Waals surface area contributed by atoms with E-state index in [0.717, 1.165) is 32.2 Å². The molecule has 0 unspecified atom stereocenters. The molecule has 2 N–H and O–H groups in total. The summed E-state index contributed by atoms with van der Waals surface area (Å²) in [5.41, 5.74) is 2.47. The van der Waals surface area contributed by atoms with Crippen LogP contribution in [-0.4, -0.2) is 42.1 Å². The number of benzene rings is 1. The maximum atomic E-state index is 11.7. The third-order valence-corrected chi connectivity index (χ3v) is 6.26. The van der Waals surface area contributed by atoms with Crippen LogP contribution in [-0.2, 0) is 9.84 Å². The van der Waals surface area contributed by atoms with Crippen molar-refractivity contribution in [3.8, 4) is 0 Å². The molecule has 0 atom stereocenters. The summed E-state index contributed by atoms with van der Waals surface area (Å²) < 4.78 is 25.4. The molecule has 27 heavy (non-hydrogen) atoms. The van der Waals surface area contributed by atoms with Gasteiger partial charge in [0.15, 0.2) is 21.3 Å². The summed E-state index contributed by atoms with van der Waals surface area (Å²) in [6.07, 6.45) is 8.86. The minimum Gasteiger partial charge on any atom is -0.336 e. The predicted molar refractivity (Wildman–Crippen MR) is 106 cm³/mol. The molecular formula is C18H20ClN5O2S. The summed E-state index contributed by atoms with van der Waals surface area (Å²) in [6, 6.07) is 4.60. The van der Waals surface area contributed by atoms with Crippen LogP contribution in [0.4, 0.5) is 11.5 Å². The van der Waals surface area contributed by atoms with Crippen LogP contribution < -0.4 is 10.6 Å². The van der Waals surface area contributed by atoms with E-state index < -0.39 is 9.84 Å². The zero-order valence-corrected chi connectivity index (χ0v) is 16.4. The van der Waals surface area contributed by atoms with E-state index in [1.807, 2.05) is 12.4 Å². The number of nitrogens with one attached hydrogen (secondary N) is 2. The van der Waals surface area contributed by atoms with E-state index in [4.69, 9.17) is 11.6 Å². The number of anilines is 2. The van der Waals surface area contributed by atoms with E-state index in [2.05, 4.69) is 25.0 Å². The minimum absolute atomic E-state index is 0.179. The van der Waals surface area contributed by atoms with Crippen molar-refractivity contribution >= 4 is 38.6 Å². The third kappa shape index (κ3) is 3.65. The maximum absolute atomic E-state index is 11.7. The summed E-state index contributed by atoms with van der Waals surface area (Å²) in [4.78, 5) is 9.12. The largest absolute Gasteiger partial charge is 0.336 e. The Balaban J connectivity index is 1.68. The van der Waals surface area contributed by atoms with E-state index in [-0.39, 0.29) is 4.90 Å². The Morgan fingerprint density at radius 3 is 2.74 bits per heavy atom. The normalized spacial score (nSPS) is 15.9. The number of hydrogen-bond acceptors (Lipinski definition) is 6. The predicted octanol–water partition coefficient (Wildman–Crippen LogP) is 3.00. The van der Waals surface area contributed by atoms with Gasteiger partial charge in [0.2, 0.25) is 0 Å². The number of rotatable bonds is 4. The van der Waals surface area contributed by atoms with Crippen molar-refractivity contribution in [1.82, 2.24) is 19.7 Å². The molecule has 0 radical (unpaired) electrons. The topological polar surface area (TPSA) is 88.4 Å². The molecule has 1 aromatic carbocycles. The highest BCUT2D eigenvalue weighted by Crippen LogP contribution is 2.31. The lowest BCUT2D eigenvalue weighted by atomic mass is 9.95. The van der Waals surface area contributed by atoms with Gasteiger partial charge in [0, 0.05) is 36.5 Å². The van der Waals surface area contributed by atoms with Gasteiger partial charge in [-0.1, -0.05) is 11.6 Å². The van der Waals surface area contributed by atoms with Gasteiger partial charge in [-0.05, 0) is 44.1 Å². The number of halogens is 1. The highest BCUT2D eigenvalue weighted by atomic mass is 35.5. The average molecular weight is 406 g/mol. The minimum atomic E-state index is -3.31. The first-order valence-electron chi connectivity index (χ1n) is 8.73. The van der Waals surface area contributed by atoms with Gasteiger partial charge in [0.25, 0.3) is 0 Å². The summed E-state index contributed by atoms with van der Waals surface area (Å²) in [7, 11) is -3.31. The standard InChI is InChI=1S/C18H20ClN5O2S/c1-27(25,26)13-2-3-15(14(19)10-13)23-17-18-22-11-16(24(18)9-8-21-17)12-4-6-20-7-5-12/h2-3,8-12,20H,4-7H2,1H3,(H,21,23). The summed E-state index contributed by atoms with van der Waals surface area (Å²) in [5, 5.41) is 6.87. The number of piperidine rings is 1. The molecule has 2 aromatic heterocycles. The molecule has 0 aliphatic carbocycles. The van der Waals surface area contributed by atoms with E-state index in [9.17, 15) is 8.42 Å². The van der Waals surface area contributed by atoms with Crippen molar-refractivity contribution < 1.29 is 8.42 Å². The molecule has 1 aliphatic heterocycles.